The molecule has 0 aliphatic heterocycles. The average Bonchev–Trinajstić information content (AvgIpc) is 2.96. The first kappa shape index (κ1) is 19.3. The van der Waals surface area contributed by atoms with Gasteiger partial charge in [0.2, 0.25) is 0 Å². The molecule has 4 rings (SSSR count). The molecule has 27 heavy (non-hydrogen) atoms. The van der Waals surface area contributed by atoms with Crippen LogP contribution in [0.1, 0.15) is 65.7 Å². The van der Waals surface area contributed by atoms with Crippen molar-refractivity contribution in [2.24, 2.45) is 22.7 Å². The molecule has 0 saturated heterocycles. The van der Waals surface area contributed by atoms with E-state index < -0.39 is 5.60 Å². The van der Waals surface area contributed by atoms with Crippen LogP contribution in [0.5, 0.6) is 0 Å². The normalized spacial score (nSPS) is 43.1. The quantitative estimate of drug-likeness (QED) is 0.686. The lowest BCUT2D eigenvalue weighted by Crippen LogP contribution is -2.55. The first-order valence-corrected chi connectivity index (χ1v) is 11.1. The number of aliphatic hydroxyl groups is 1. The van der Waals surface area contributed by atoms with Crippen LogP contribution in [0.4, 0.5) is 0 Å². The lowest BCUT2D eigenvalue weighted by atomic mass is 9.51. The van der Waals surface area contributed by atoms with E-state index in [0.29, 0.717) is 18.4 Å². The highest BCUT2D eigenvalue weighted by atomic mass is 16.5. The summed E-state index contributed by atoms with van der Waals surface area (Å²) in [5.74, 6) is 2.36. The first-order chi connectivity index (χ1) is 12.9. The third-order valence-electron chi connectivity index (χ3n) is 8.56. The number of hydrogen-bond acceptors (Lipinski definition) is 3. The molecule has 4 aliphatic carbocycles. The second-order valence-electron chi connectivity index (χ2n) is 9.46. The smallest absolute Gasteiger partial charge is 0.0962 e. The van der Waals surface area contributed by atoms with Gasteiger partial charge >= 0.3 is 0 Å². The maximum absolute atomic E-state index is 11.6. The van der Waals surface area contributed by atoms with Crippen LogP contribution < -0.4 is 5.32 Å². The van der Waals surface area contributed by atoms with E-state index in [4.69, 9.17) is 4.74 Å². The lowest BCUT2D eigenvalue weighted by molar-refractivity contribution is -0.0902. The average molecular weight is 372 g/mol. The Balaban J connectivity index is 1.71. The number of hydrogen-bond donors (Lipinski definition) is 2. The number of ether oxygens (including phenoxy) is 1. The predicted molar refractivity (Wildman–Crippen MR) is 110 cm³/mol. The van der Waals surface area contributed by atoms with Crippen LogP contribution >= 0.6 is 0 Å². The van der Waals surface area contributed by atoms with E-state index in [9.17, 15) is 5.11 Å². The van der Waals surface area contributed by atoms with E-state index in [1.807, 2.05) is 7.05 Å². The molecule has 0 heterocycles. The second-order valence-corrected chi connectivity index (χ2v) is 9.46. The largest absolute Gasteiger partial charge is 0.498 e. The van der Waals surface area contributed by atoms with E-state index in [-0.39, 0.29) is 10.8 Å². The van der Waals surface area contributed by atoms with Gasteiger partial charge in [-0.2, -0.15) is 0 Å². The van der Waals surface area contributed by atoms with Crippen molar-refractivity contribution < 1.29 is 9.84 Å². The molecule has 3 heteroatoms. The van der Waals surface area contributed by atoms with E-state index in [2.05, 4.69) is 44.3 Å². The van der Waals surface area contributed by atoms with Gasteiger partial charge < -0.3 is 15.2 Å². The third kappa shape index (κ3) is 2.61. The Morgan fingerprint density at radius 2 is 2.07 bits per heavy atom. The first-order valence-electron chi connectivity index (χ1n) is 11.1. The fraction of sp³-hybridized carbons (Fsp3) is 0.750. The third-order valence-corrected chi connectivity index (χ3v) is 8.56. The Morgan fingerprint density at radius 1 is 1.26 bits per heavy atom. The van der Waals surface area contributed by atoms with Crippen LogP contribution in [-0.2, 0) is 4.74 Å². The molecule has 5 atom stereocenters. The summed E-state index contributed by atoms with van der Waals surface area (Å²) in [4.78, 5) is 0. The van der Waals surface area contributed by atoms with Gasteiger partial charge in [-0.05, 0) is 76.0 Å². The molecule has 0 bridgehead atoms. The van der Waals surface area contributed by atoms with Gasteiger partial charge in [0.05, 0.1) is 18.0 Å². The molecule has 1 fully saturated rings. The second kappa shape index (κ2) is 6.77. The monoisotopic (exact) mass is 371 g/mol. The molecular weight excluding hydrogens is 334 g/mol. The number of nitrogens with one attached hydrogen (secondary N) is 1. The van der Waals surface area contributed by atoms with Gasteiger partial charge in [-0.25, -0.2) is 0 Å². The maximum Gasteiger partial charge on any atom is 0.0962 e. The van der Waals surface area contributed by atoms with Crippen LogP contribution in [0.25, 0.3) is 0 Å². The molecule has 3 nitrogen and oxygen atoms in total. The molecule has 1 saturated carbocycles. The summed E-state index contributed by atoms with van der Waals surface area (Å²) in [6.45, 7) is 8.28. The summed E-state index contributed by atoms with van der Waals surface area (Å²) in [7, 11) is 1.97. The zero-order chi connectivity index (χ0) is 19.3. The Labute approximate surface area is 164 Å². The van der Waals surface area contributed by atoms with Crippen LogP contribution in [0.3, 0.4) is 0 Å². The molecule has 0 aromatic rings. The maximum atomic E-state index is 11.6. The SMILES string of the molecule is CCOC1=CC2=CCC3C(=CCC4(CC)C3CC[C@@]4(O)CNC)C2(C)CC1. The van der Waals surface area contributed by atoms with Gasteiger partial charge in [0.25, 0.3) is 0 Å². The van der Waals surface area contributed by atoms with Gasteiger partial charge in [0.15, 0.2) is 0 Å². The molecule has 150 valence electrons. The van der Waals surface area contributed by atoms with Gasteiger partial charge in [0, 0.05) is 23.8 Å². The number of rotatable bonds is 5. The summed E-state index contributed by atoms with van der Waals surface area (Å²) >= 11 is 0. The Morgan fingerprint density at radius 3 is 2.78 bits per heavy atom. The van der Waals surface area contributed by atoms with Crippen molar-refractivity contribution in [3.63, 3.8) is 0 Å². The minimum atomic E-state index is -0.567. The molecule has 0 radical (unpaired) electrons. The summed E-state index contributed by atoms with van der Waals surface area (Å²) in [5.41, 5.74) is 2.75. The molecule has 4 aliphatic rings. The standard InChI is InChI=1S/C24H37NO2/c1-5-23-13-10-20-19(21(23)11-14-24(23,26)16-25-4)8-7-17-15-18(27-6-2)9-12-22(17,20)3/h7,10,15,19,21,25-26H,5-6,8-9,11-14,16H2,1-4H3/t19?,21?,22?,23?,24-/m1/s1. The van der Waals surface area contributed by atoms with E-state index >= 15 is 0 Å². The van der Waals surface area contributed by atoms with E-state index in [0.717, 1.165) is 57.3 Å². The topological polar surface area (TPSA) is 41.5 Å². The van der Waals surface area contributed by atoms with Crippen molar-refractivity contribution in [3.8, 4) is 0 Å². The molecule has 0 spiro atoms. The van der Waals surface area contributed by atoms with Crippen molar-refractivity contribution in [1.82, 2.24) is 5.32 Å². The highest BCUT2D eigenvalue weighted by Crippen LogP contribution is 2.66. The Hall–Kier alpha value is -1.06. The summed E-state index contributed by atoms with van der Waals surface area (Å²) < 4.78 is 5.83. The fourth-order valence-corrected chi connectivity index (χ4v) is 7.14. The molecule has 4 unspecified atom stereocenters. The van der Waals surface area contributed by atoms with Crippen LogP contribution in [0.2, 0.25) is 0 Å². The minimum Gasteiger partial charge on any atom is -0.498 e. The summed E-state index contributed by atoms with van der Waals surface area (Å²) in [6.07, 6.45) is 14.9. The van der Waals surface area contributed by atoms with Gasteiger partial charge in [-0.1, -0.05) is 31.6 Å². The Bertz CT molecular complexity index is 692. The number of allylic oxidation sites excluding steroid dienone is 6. The van der Waals surface area contributed by atoms with Gasteiger partial charge in [-0.15, -0.1) is 0 Å². The number of likely N-dealkylation sites (N-methyl/N-ethyl adjacent to an activating group) is 1. The summed E-state index contributed by atoms with van der Waals surface area (Å²) in [5, 5.41) is 14.9. The van der Waals surface area contributed by atoms with Crippen LogP contribution in [0.15, 0.2) is 35.1 Å². The van der Waals surface area contributed by atoms with Crippen LogP contribution in [0, 0.1) is 22.7 Å². The lowest BCUT2D eigenvalue weighted by Gasteiger charge is -2.55. The fourth-order valence-electron chi connectivity index (χ4n) is 7.14. The van der Waals surface area contributed by atoms with Gasteiger partial charge in [0.1, 0.15) is 0 Å². The van der Waals surface area contributed by atoms with Gasteiger partial charge in [-0.3, -0.25) is 0 Å². The van der Waals surface area contributed by atoms with Crippen LogP contribution in [-0.4, -0.2) is 30.9 Å². The highest BCUT2D eigenvalue weighted by molar-refractivity contribution is 5.45. The van der Waals surface area contributed by atoms with Crippen molar-refractivity contribution in [2.45, 2.75) is 71.3 Å². The predicted octanol–water partition coefficient (Wildman–Crippen LogP) is 4.74. The highest BCUT2D eigenvalue weighted by Gasteiger charge is 2.62. The van der Waals surface area contributed by atoms with E-state index in [1.165, 1.54) is 5.57 Å². The molecule has 0 amide bonds. The van der Waals surface area contributed by atoms with Crippen molar-refractivity contribution in [2.75, 3.05) is 20.2 Å². The summed E-state index contributed by atoms with van der Waals surface area (Å²) in [6, 6.07) is 0. The zero-order valence-corrected chi connectivity index (χ0v) is 17.6. The molecule has 0 aromatic heterocycles. The van der Waals surface area contributed by atoms with Crippen molar-refractivity contribution in [1.29, 1.82) is 0 Å². The zero-order valence-electron chi connectivity index (χ0n) is 17.6. The molecule has 2 N–H and O–H groups in total. The molecule has 0 aromatic carbocycles. The van der Waals surface area contributed by atoms with E-state index in [1.54, 1.807) is 5.57 Å². The Kier molecular flexibility index (Phi) is 4.83. The minimum absolute atomic E-state index is 0.0346. The van der Waals surface area contributed by atoms with Crippen molar-refractivity contribution >= 4 is 0 Å². The van der Waals surface area contributed by atoms with Crippen molar-refractivity contribution in [3.05, 3.63) is 35.1 Å². The number of fused-ring (bicyclic) bond motifs is 5. The molecular formula is C24H37NO2.